The molecule has 0 amide bonds. The highest BCUT2D eigenvalue weighted by Crippen LogP contribution is 2.59. The standard InChI is InChI=1S/C10H16O.C2H4O2/c1-6-4-7-5-8(11)9(6)10(7,2)3;1-2(3)4/h7-9,11H,1,4-5H2,2-3H3;1H3,(H,3,4). The number of hydrogen-bond donors (Lipinski definition) is 2. The number of aliphatic hydroxyl groups is 1. The smallest absolute Gasteiger partial charge is 0.300 e. The molecule has 0 aromatic heterocycles. The first-order valence-electron chi connectivity index (χ1n) is 5.32. The summed E-state index contributed by atoms with van der Waals surface area (Å²) in [4.78, 5) is 9.00. The summed E-state index contributed by atoms with van der Waals surface area (Å²) in [5, 5.41) is 17.1. The molecule has 2 fully saturated rings. The summed E-state index contributed by atoms with van der Waals surface area (Å²) >= 11 is 0. The first kappa shape index (κ1) is 12.2. The molecule has 0 spiro atoms. The molecule has 0 heterocycles. The van der Waals surface area contributed by atoms with Crippen molar-refractivity contribution in [2.45, 2.75) is 39.7 Å². The minimum absolute atomic E-state index is 0.101. The van der Waals surface area contributed by atoms with Crippen LogP contribution in [0, 0.1) is 17.3 Å². The van der Waals surface area contributed by atoms with Gasteiger partial charge in [0.2, 0.25) is 0 Å². The molecule has 2 N–H and O–H groups in total. The van der Waals surface area contributed by atoms with Gasteiger partial charge in [0.25, 0.3) is 5.97 Å². The maximum Gasteiger partial charge on any atom is 0.300 e. The maximum atomic E-state index is 9.66. The van der Waals surface area contributed by atoms with Crippen LogP contribution >= 0.6 is 0 Å². The van der Waals surface area contributed by atoms with Crippen molar-refractivity contribution in [2.24, 2.45) is 17.3 Å². The number of aliphatic hydroxyl groups excluding tert-OH is 1. The van der Waals surface area contributed by atoms with Crippen molar-refractivity contribution in [3.63, 3.8) is 0 Å². The fourth-order valence-electron chi connectivity index (χ4n) is 3.07. The molecule has 3 nitrogen and oxygen atoms in total. The van der Waals surface area contributed by atoms with Gasteiger partial charge < -0.3 is 10.2 Å². The van der Waals surface area contributed by atoms with Crippen LogP contribution in [-0.2, 0) is 4.79 Å². The molecule has 15 heavy (non-hydrogen) atoms. The van der Waals surface area contributed by atoms with Crippen molar-refractivity contribution in [2.75, 3.05) is 0 Å². The molecule has 0 radical (unpaired) electrons. The summed E-state index contributed by atoms with van der Waals surface area (Å²) in [6.07, 6.45) is 2.04. The zero-order valence-corrected chi connectivity index (χ0v) is 9.66. The third-order valence-corrected chi connectivity index (χ3v) is 3.71. The van der Waals surface area contributed by atoms with Crippen molar-refractivity contribution >= 4 is 5.97 Å². The molecular weight excluding hydrogens is 192 g/mol. The largest absolute Gasteiger partial charge is 0.481 e. The maximum absolute atomic E-state index is 9.66. The fourth-order valence-corrected chi connectivity index (χ4v) is 3.07. The van der Waals surface area contributed by atoms with Gasteiger partial charge in [-0.15, -0.1) is 0 Å². The lowest BCUT2D eigenvalue weighted by atomic mass is 9.81. The van der Waals surface area contributed by atoms with E-state index < -0.39 is 5.97 Å². The lowest BCUT2D eigenvalue weighted by Crippen LogP contribution is -2.23. The Hall–Kier alpha value is -0.830. The van der Waals surface area contributed by atoms with Crippen LogP contribution in [0.5, 0.6) is 0 Å². The van der Waals surface area contributed by atoms with Gasteiger partial charge in [0, 0.05) is 12.8 Å². The molecule has 3 unspecified atom stereocenters. The van der Waals surface area contributed by atoms with Crippen molar-refractivity contribution in [3.05, 3.63) is 12.2 Å². The van der Waals surface area contributed by atoms with E-state index >= 15 is 0 Å². The van der Waals surface area contributed by atoms with E-state index in [0.717, 1.165) is 19.8 Å². The van der Waals surface area contributed by atoms with Gasteiger partial charge in [-0.2, -0.15) is 0 Å². The lowest BCUT2D eigenvalue weighted by Gasteiger charge is -2.24. The van der Waals surface area contributed by atoms with Crippen molar-refractivity contribution < 1.29 is 15.0 Å². The van der Waals surface area contributed by atoms with E-state index in [1.165, 1.54) is 5.57 Å². The molecule has 0 aromatic rings. The van der Waals surface area contributed by atoms with E-state index in [-0.39, 0.29) is 6.10 Å². The van der Waals surface area contributed by atoms with Crippen LogP contribution in [0.3, 0.4) is 0 Å². The minimum Gasteiger partial charge on any atom is -0.481 e. The first-order valence-corrected chi connectivity index (χ1v) is 5.32. The predicted octanol–water partition coefficient (Wildman–Crippen LogP) is 2.06. The van der Waals surface area contributed by atoms with E-state index in [2.05, 4.69) is 20.4 Å². The van der Waals surface area contributed by atoms with Crippen LogP contribution in [0.1, 0.15) is 33.6 Å². The Morgan fingerprint density at radius 3 is 2.20 bits per heavy atom. The molecule has 3 atom stereocenters. The minimum atomic E-state index is -0.833. The van der Waals surface area contributed by atoms with E-state index in [1.807, 2.05) is 0 Å². The monoisotopic (exact) mass is 212 g/mol. The van der Waals surface area contributed by atoms with Gasteiger partial charge in [0.15, 0.2) is 0 Å². The third kappa shape index (κ3) is 2.23. The van der Waals surface area contributed by atoms with Gasteiger partial charge in [-0.3, -0.25) is 4.79 Å². The average molecular weight is 212 g/mol. The number of hydrogen-bond acceptors (Lipinski definition) is 2. The second-order valence-electron chi connectivity index (χ2n) is 5.18. The highest BCUT2D eigenvalue weighted by atomic mass is 16.4. The molecule has 2 aliphatic carbocycles. The Balaban J connectivity index is 0.000000245. The number of carboxylic acids is 1. The lowest BCUT2D eigenvalue weighted by molar-refractivity contribution is -0.134. The number of carbonyl (C=O) groups is 1. The summed E-state index contributed by atoms with van der Waals surface area (Å²) in [6, 6.07) is 0. The van der Waals surface area contributed by atoms with Gasteiger partial charge in [-0.05, 0) is 24.2 Å². The molecule has 0 saturated heterocycles. The van der Waals surface area contributed by atoms with Crippen LogP contribution in [0.15, 0.2) is 12.2 Å². The SMILES string of the molecule is C=C1CC2CC(O)C1C2(C)C.CC(=O)O. The highest BCUT2D eigenvalue weighted by Gasteiger charge is 2.54. The third-order valence-electron chi connectivity index (χ3n) is 3.71. The van der Waals surface area contributed by atoms with E-state index in [9.17, 15) is 5.11 Å². The van der Waals surface area contributed by atoms with Crippen LogP contribution in [-0.4, -0.2) is 22.3 Å². The number of aliphatic carboxylic acids is 1. The molecule has 2 bridgehead atoms. The van der Waals surface area contributed by atoms with Crippen LogP contribution in [0.2, 0.25) is 0 Å². The molecule has 0 aliphatic heterocycles. The zero-order chi connectivity index (χ0) is 11.8. The second-order valence-corrected chi connectivity index (χ2v) is 5.18. The molecule has 3 heteroatoms. The predicted molar refractivity (Wildman–Crippen MR) is 58.5 cm³/mol. The average Bonchev–Trinajstić information content (AvgIpc) is 2.31. The van der Waals surface area contributed by atoms with Crippen molar-refractivity contribution in [1.29, 1.82) is 0 Å². The summed E-state index contributed by atoms with van der Waals surface area (Å²) in [7, 11) is 0. The number of carboxylic acid groups (broad SMARTS) is 1. The van der Waals surface area contributed by atoms with Crippen molar-refractivity contribution in [1.82, 2.24) is 0 Å². The molecular formula is C12H20O3. The number of rotatable bonds is 0. The zero-order valence-electron chi connectivity index (χ0n) is 9.66. The molecule has 2 rings (SSSR count). The second kappa shape index (κ2) is 3.97. The van der Waals surface area contributed by atoms with Gasteiger partial charge in [0.1, 0.15) is 0 Å². The topological polar surface area (TPSA) is 57.5 Å². The Kier molecular flexibility index (Phi) is 3.24. The quantitative estimate of drug-likeness (QED) is 0.604. The first-order chi connectivity index (χ1) is 6.76. The summed E-state index contributed by atoms with van der Waals surface area (Å²) in [5.41, 5.74) is 1.59. The van der Waals surface area contributed by atoms with E-state index in [1.54, 1.807) is 0 Å². The highest BCUT2D eigenvalue weighted by molar-refractivity contribution is 5.62. The van der Waals surface area contributed by atoms with E-state index in [4.69, 9.17) is 9.90 Å². The normalized spacial score (nSPS) is 36.0. The van der Waals surface area contributed by atoms with Crippen LogP contribution in [0.25, 0.3) is 0 Å². The molecule has 86 valence electrons. The fraction of sp³-hybridized carbons (Fsp3) is 0.750. The van der Waals surface area contributed by atoms with Crippen LogP contribution < -0.4 is 0 Å². The Morgan fingerprint density at radius 1 is 1.53 bits per heavy atom. The summed E-state index contributed by atoms with van der Waals surface area (Å²) < 4.78 is 0. The van der Waals surface area contributed by atoms with Gasteiger partial charge in [-0.1, -0.05) is 26.0 Å². The molecule has 0 aromatic carbocycles. The van der Waals surface area contributed by atoms with Gasteiger partial charge in [0.05, 0.1) is 6.10 Å². The molecule has 2 aliphatic rings. The van der Waals surface area contributed by atoms with E-state index in [0.29, 0.717) is 17.3 Å². The van der Waals surface area contributed by atoms with Gasteiger partial charge >= 0.3 is 0 Å². The van der Waals surface area contributed by atoms with Crippen LogP contribution in [0.4, 0.5) is 0 Å². The Morgan fingerprint density at radius 2 is 2.00 bits per heavy atom. The van der Waals surface area contributed by atoms with Crippen molar-refractivity contribution in [3.8, 4) is 0 Å². The summed E-state index contributed by atoms with van der Waals surface area (Å²) in [5.74, 6) is 0.238. The number of fused-ring (bicyclic) bond motifs is 2. The Labute approximate surface area is 90.8 Å². The summed E-state index contributed by atoms with van der Waals surface area (Å²) in [6.45, 7) is 9.63. The Bertz CT molecular complexity index is 277. The molecule has 2 saturated carbocycles. The van der Waals surface area contributed by atoms with Gasteiger partial charge in [-0.25, -0.2) is 0 Å².